The maximum Gasteiger partial charge on any atom is 0.226 e. The lowest BCUT2D eigenvalue weighted by Crippen LogP contribution is -2.43. The Hall–Kier alpha value is -0.830. The predicted octanol–water partition coefficient (Wildman–Crippen LogP) is 3.50. The Kier molecular flexibility index (Phi) is 9.54. The fraction of sp³-hybridized carbons (Fsp3) is 0.500. The minimum atomic E-state index is -0.00820. The van der Waals surface area contributed by atoms with Gasteiger partial charge in [-0.05, 0) is 37.1 Å². The van der Waals surface area contributed by atoms with E-state index in [1.54, 1.807) is 7.05 Å². The summed E-state index contributed by atoms with van der Waals surface area (Å²) < 4.78 is 0.994. The molecule has 5 nitrogen and oxygen atoms in total. The normalized spacial score (nSPS) is 15.0. The molecule has 7 heteroatoms. The van der Waals surface area contributed by atoms with Crippen LogP contribution in [0.25, 0.3) is 0 Å². The van der Waals surface area contributed by atoms with Crippen molar-refractivity contribution in [1.82, 2.24) is 10.6 Å². The number of nitrogens with zero attached hydrogens (tertiary/aromatic N) is 1. The quantitative estimate of drug-likeness (QED) is 0.333. The minimum Gasteiger partial charge on any atom is -0.356 e. The fourth-order valence-corrected chi connectivity index (χ4v) is 2.77. The van der Waals surface area contributed by atoms with Crippen LogP contribution in [-0.4, -0.2) is 31.5 Å². The Morgan fingerprint density at radius 3 is 2.52 bits per heavy atom. The van der Waals surface area contributed by atoms with Gasteiger partial charge in [0, 0.05) is 36.2 Å². The Balaban J connectivity index is 0.00000264. The number of rotatable bonds is 5. The third-order valence-corrected chi connectivity index (χ3v) is 4.22. The first-order valence-corrected chi connectivity index (χ1v) is 8.49. The number of carbonyl (C=O) groups excluding carboxylic acids is 1. The van der Waals surface area contributed by atoms with Crippen molar-refractivity contribution >= 4 is 57.5 Å². The van der Waals surface area contributed by atoms with Gasteiger partial charge in [-0.3, -0.25) is 9.79 Å². The number of benzene rings is 1. The molecule has 1 aromatic rings. The molecule has 128 valence electrons. The van der Waals surface area contributed by atoms with E-state index >= 15 is 0 Å². The summed E-state index contributed by atoms with van der Waals surface area (Å²) in [6, 6.07) is 8.07. The van der Waals surface area contributed by atoms with Crippen molar-refractivity contribution in [3.8, 4) is 0 Å². The molecule has 1 fully saturated rings. The Morgan fingerprint density at radius 1 is 1.26 bits per heavy atom. The second-order valence-electron chi connectivity index (χ2n) is 5.43. The number of hydrogen-bond acceptors (Lipinski definition) is 2. The molecule has 3 N–H and O–H groups in total. The van der Waals surface area contributed by atoms with Gasteiger partial charge in [0.05, 0.1) is 0 Å². The van der Waals surface area contributed by atoms with E-state index in [-0.39, 0.29) is 29.9 Å². The van der Waals surface area contributed by atoms with Crippen LogP contribution in [0.5, 0.6) is 0 Å². The van der Waals surface area contributed by atoms with Crippen LogP contribution in [0.2, 0.25) is 0 Å². The van der Waals surface area contributed by atoms with E-state index in [1.807, 2.05) is 24.3 Å². The highest BCUT2D eigenvalue weighted by Crippen LogP contribution is 2.17. The van der Waals surface area contributed by atoms with E-state index in [9.17, 15) is 4.79 Å². The van der Waals surface area contributed by atoms with Gasteiger partial charge >= 0.3 is 0 Å². The van der Waals surface area contributed by atoms with Crippen molar-refractivity contribution in [1.29, 1.82) is 0 Å². The molecule has 0 spiro atoms. The van der Waals surface area contributed by atoms with Crippen LogP contribution in [0.3, 0.4) is 0 Å². The monoisotopic (exact) mass is 494 g/mol. The van der Waals surface area contributed by atoms with Crippen LogP contribution in [0, 0.1) is 0 Å². The third kappa shape index (κ3) is 7.52. The van der Waals surface area contributed by atoms with Gasteiger partial charge in [0.25, 0.3) is 0 Å². The Bertz CT molecular complexity index is 515. The van der Waals surface area contributed by atoms with Crippen molar-refractivity contribution < 1.29 is 4.79 Å². The predicted molar refractivity (Wildman–Crippen MR) is 110 cm³/mol. The van der Waals surface area contributed by atoms with Gasteiger partial charge in [-0.1, -0.05) is 28.8 Å². The topological polar surface area (TPSA) is 65.5 Å². The zero-order valence-corrected chi connectivity index (χ0v) is 17.2. The van der Waals surface area contributed by atoms with E-state index in [1.165, 1.54) is 25.7 Å². The maximum atomic E-state index is 11.9. The molecule has 0 atom stereocenters. The number of halogens is 2. The summed E-state index contributed by atoms with van der Waals surface area (Å²) in [6.45, 7) is 0.564. The number of nitrogens with one attached hydrogen (secondary N) is 3. The summed E-state index contributed by atoms with van der Waals surface area (Å²) in [5, 5.41) is 9.46. The first kappa shape index (κ1) is 20.2. The molecule has 1 amide bonds. The SMILES string of the molecule is CN=C(NCCC(=O)Nc1ccc(Br)cc1)NC1CCCC1.I. The average molecular weight is 495 g/mol. The molecule has 1 aliphatic rings. The van der Waals surface area contributed by atoms with Crippen LogP contribution in [0.15, 0.2) is 33.7 Å². The van der Waals surface area contributed by atoms with Crippen molar-refractivity contribution in [2.24, 2.45) is 4.99 Å². The Morgan fingerprint density at radius 2 is 1.91 bits per heavy atom. The second kappa shape index (κ2) is 10.9. The summed E-state index contributed by atoms with van der Waals surface area (Å²) in [6.07, 6.45) is 5.37. The summed E-state index contributed by atoms with van der Waals surface area (Å²) in [7, 11) is 1.76. The molecule has 0 aromatic heterocycles. The van der Waals surface area contributed by atoms with E-state index in [2.05, 4.69) is 36.9 Å². The highest BCUT2D eigenvalue weighted by Gasteiger charge is 2.15. The highest BCUT2D eigenvalue weighted by molar-refractivity contribution is 14.0. The van der Waals surface area contributed by atoms with Gasteiger partial charge in [-0.25, -0.2) is 0 Å². The summed E-state index contributed by atoms with van der Waals surface area (Å²) in [5.74, 6) is 0.773. The van der Waals surface area contributed by atoms with E-state index in [0.717, 1.165) is 16.1 Å². The molecule has 0 bridgehead atoms. The number of carbonyl (C=O) groups is 1. The van der Waals surface area contributed by atoms with Gasteiger partial charge in [0.15, 0.2) is 5.96 Å². The molecule has 0 heterocycles. The van der Waals surface area contributed by atoms with Gasteiger partial charge in [-0.2, -0.15) is 0 Å². The molecule has 2 rings (SSSR count). The fourth-order valence-electron chi connectivity index (χ4n) is 2.51. The molecule has 23 heavy (non-hydrogen) atoms. The van der Waals surface area contributed by atoms with Gasteiger partial charge in [0.2, 0.25) is 5.91 Å². The Labute approximate surface area is 163 Å². The lowest BCUT2D eigenvalue weighted by Gasteiger charge is -2.16. The summed E-state index contributed by atoms with van der Waals surface area (Å²) in [5.41, 5.74) is 0.807. The van der Waals surface area contributed by atoms with Crippen LogP contribution in [0.4, 0.5) is 5.69 Å². The minimum absolute atomic E-state index is 0. The van der Waals surface area contributed by atoms with Crippen molar-refractivity contribution in [3.63, 3.8) is 0 Å². The summed E-state index contributed by atoms with van der Waals surface area (Å²) >= 11 is 3.37. The lowest BCUT2D eigenvalue weighted by atomic mass is 10.2. The zero-order chi connectivity index (χ0) is 15.8. The van der Waals surface area contributed by atoms with Crippen LogP contribution >= 0.6 is 39.9 Å². The van der Waals surface area contributed by atoms with Gasteiger partial charge < -0.3 is 16.0 Å². The first-order chi connectivity index (χ1) is 10.7. The first-order valence-electron chi connectivity index (χ1n) is 7.70. The molecule has 1 saturated carbocycles. The molecule has 1 aliphatic carbocycles. The van der Waals surface area contributed by atoms with Crippen LogP contribution in [-0.2, 0) is 4.79 Å². The smallest absolute Gasteiger partial charge is 0.226 e. The zero-order valence-electron chi connectivity index (χ0n) is 13.3. The molecular weight excluding hydrogens is 471 g/mol. The molecular formula is C16H24BrIN4O. The van der Waals surface area contributed by atoms with E-state index in [0.29, 0.717) is 19.0 Å². The highest BCUT2D eigenvalue weighted by atomic mass is 127. The second-order valence-corrected chi connectivity index (χ2v) is 6.35. The number of guanidine groups is 1. The number of amides is 1. The van der Waals surface area contributed by atoms with Crippen LogP contribution in [0.1, 0.15) is 32.1 Å². The molecule has 0 unspecified atom stereocenters. The standard InChI is InChI=1S/C16H23BrN4O.HI/c1-18-16(21-13-4-2-3-5-13)19-11-10-15(22)20-14-8-6-12(17)7-9-14;/h6-9,13H,2-5,10-11H2,1H3,(H,20,22)(H2,18,19,21);1H. The van der Waals surface area contributed by atoms with Gasteiger partial charge in [-0.15, -0.1) is 24.0 Å². The molecule has 1 aromatic carbocycles. The number of hydrogen-bond donors (Lipinski definition) is 3. The molecule has 0 aliphatic heterocycles. The average Bonchev–Trinajstić information content (AvgIpc) is 3.01. The largest absolute Gasteiger partial charge is 0.356 e. The van der Waals surface area contributed by atoms with Crippen molar-refractivity contribution in [3.05, 3.63) is 28.7 Å². The summed E-state index contributed by atoms with van der Waals surface area (Å²) in [4.78, 5) is 16.1. The number of aliphatic imine (C=N–C) groups is 1. The van der Waals surface area contributed by atoms with Crippen LogP contribution < -0.4 is 16.0 Å². The van der Waals surface area contributed by atoms with Crippen molar-refractivity contribution in [2.75, 3.05) is 18.9 Å². The van der Waals surface area contributed by atoms with E-state index in [4.69, 9.17) is 0 Å². The van der Waals surface area contributed by atoms with E-state index < -0.39 is 0 Å². The molecule has 0 radical (unpaired) electrons. The maximum absolute atomic E-state index is 11.9. The van der Waals surface area contributed by atoms with Gasteiger partial charge in [0.1, 0.15) is 0 Å². The number of anilines is 1. The lowest BCUT2D eigenvalue weighted by molar-refractivity contribution is -0.116. The molecule has 0 saturated heterocycles. The third-order valence-electron chi connectivity index (χ3n) is 3.69. The van der Waals surface area contributed by atoms with Crippen molar-refractivity contribution in [2.45, 2.75) is 38.1 Å².